The predicted octanol–water partition coefficient (Wildman–Crippen LogP) is 2.13. The van der Waals surface area contributed by atoms with Crippen LogP contribution in [0.15, 0.2) is 6.20 Å². The Morgan fingerprint density at radius 2 is 2.40 bits per heavy atom. The molecule has 0 aromatic carbocycles. The molecule has 0 radical (unpaired) electrons. The molecule has 1 saturated carbocycles. The first kappa shape index (κ1) is 6.64. The molecule has 0 saturated heterocycles. The maximum atomic E-state index is 4.29. The zero-order valence-corrected chi connectivity index (χ0v) is 8.00. The van der Waals surface area contributed by atoms with Gasteiger partial charge in [0, 0.05) is 5.56 Å². The van der Waals surface area contributed by atoms with Gasteiger partial charge in [0.05, 0.1) is 12.2 Å². The molecule has 10 heavy (non-hydrogen) atoms. The van der Waals surface area contributed by atoms with Crippen LogP contribution in [0, 0.1) is 10.6 Å². The molecule has 2 rings (SSSR count). The Balaban J connectivity index is 2.40. The number of rotatable bonds is 1. The van der Waals surface area contributed by atoms with Crippen LogP contribution >= 0.6 is 22.6 Å². The fourth-order valence-electron chi connectivity index (χ4n) is 1.01. The number of hydrogen-bond acceptors (Lipinski definition) is 1. The van der Waals surface area contributed by atoms with E-state index in [1.807, 2.05) is 6.20 Å². The summed E-state index contributed by atoms with van der Waals surface area (Å²) in [7, 11) is 0. The number of nitrogens with zero attached hydrogens (tertiary/aromatic N) is 2. The summed E-state index contributed by atoms with van der Waals surface area (Å²) >= 11 is 2.36. The van der Waals surface area contributed by atoms with Gasteiger partial charge < -0.3 is 0 Å². The van der Waals surface area contributed by atoms with Crippen LogP contribution in [0.25, 0.3) is 0 Å². The Kier molecular flexibility index (Phi) is 1.47. The maximum absolute atomic E-state index is 4.29. The summed E-state index contributed by atoms with van der Waals surface area (Å²) < 4.78 is 3.44. The van der Waals surface area contributed by atoms with Crippen molar-refractivity contribution in [2.24, 2.45) is 0 Å². The molecule has 1 fully saturated rings. The minimum absolute atomic E-state index is 0.723. The van der Waals surface area contributed by atoms with Gasteiger partial charge in [0.15, 0.2) is 0 Å². The largest absolute Gasteiger partial charge is 0.256 e. The molecule has 0 atom stereocenters. The molecule has 0 unspecified atom stereocenters. The second-order valence-corrected chi connectivity index (χ2v) is 3.82. The second-order valence-electron chi connectivity index (χ2n) is 2.79. The molecule has 0 N–H and O–H groups in total. The molecule has 2 nitrogen and oxygen atoms in total. The summed E-state index contributed by atoms with van der Waals surface area (Å²) in [5, 5.41) is 4.29. The summed E-state index contributed by atoms with van der Waals surface area (Å²) in [5.41, 5.74) is 1.30. The van der Waals surface area contributed by atoms with Crippen molar-refractivity contribution in [2.75, 3.05) is 0 Å². The molecule has 0 aliphatic heterocycles. The standard InChI is InChI=1S/C7H9IN2/c1-5-4-9-10(7(5)8)6-2-3-6/h4,6H,2-3H2,1H3. The SMILES string of the molecule is Cc1cnn(C2CC2)c1I. The molecule has 1 heterocycles. The van der Waals surface area contributed by atoms with E-state index in [1.54, 1.807) is 0 Å². The zero-order valence-electron chi connectivity index (χ0n) is 5.84. The lowest BCUT2D eigenvalue weighted by Crippen LogP contribution is -1.98. The minimum Gasteiger partial charge on any atom is -0.256 e. The first-order chi connectivity index (χ1) is 4.79. The second kappa shape index (κ2) is 2.22. The van der Waals surface area contributed by atoms with E-state index >= 15 is 0 Å². The fourth-order valence-corrected chi connectivity index (χ4v) is 1.66. The van der Waals surface area contributed by atoms with Crippen LogP contribution in [-0.4, -0.2) is 9.78 Å². The van der Waals surface area contributed by atoms with Gasteiger partial charge in [0.25, 0.3) is 0 Å². The maximum Gasteiger partial charge on any atom is 0.102 e. The van der Waals surface area contributed by atoms with Gasteiger partial charge in [-0.3, -0.25) is 4.68 Å². The summed E-state index contributed by atoms with van der Waals surface area (Å²) in [5.74, 6) is 0. The van der Waals surface area contributed by atoms with Gasteiger partial charge in [-0.15, -0.1) is 0 Å². The first-order valence-corrected chi connectivity index (χ1v) is 4.56. The van der Waals surface area contributed by atoms with Crippen LogP contribution in [0.3, 0.4) is 0 Å². The van der Waals surface area contributed by atoms with Crippen molar-refractivity contribution in [3.8, 4) is 0 Å². The third kappa shape index (κ3) is 0.962. The van der Waals surface area contributed by atoms with Crippen LogP contribution in [0.4, 0.5) is 0 Å². The topological polar surface area (TPSA) is 17.8 Å². The van der Waals surface area contributed by atoms with Gasteiger partial charge in [-0.05, 0) is 42.4 Å². The first-order valence-electron chi connectivity index (χ1n) is 3.48. The van der Waals surface area contributed by atoms with Crippen LogP contribution in [-0.2, 0) is 0 Å². The van der Waals surface area contributed by atoms with Crippen LogP contribution in [0.1, 0.15) is 24.4 Å². The van der Waals surface area contributed by atoms with Crippen molar-refractivity contribution in [1.29, 1.82) is 0 Å². The van der Waals surface area contributed by atoms with Crippen molar-refractivity contribution < 1.29 is 0 Å². The molecule has 54 valence electrons. The van der Waals surface area contributed by atoms with E-state index in [9.17, 15) is 0 Å². The Labute approximate surface area is 73.8 Å². The van der Waals surface area contributed by atoms with E-state index < -0.39 is 0 Å². The van der Waals surface area contributed by atoms with Gasteiger partial charge in [0.1, 0.15) is 3.70 Å². The van der Waals surface area contributed by atoms with Crippen molar-refractivity contribution in [2.45, 2.75) is 25.8 Å². The van der Waals surface area contributed by atoms with Crippen molar-refractivity contribution >= 4 is 22.6 Å². The number of hydrogen-bond donors (Lipinski definition) is 0. The Hall–Kier alpha value is -0.0600. The van der Waals surface area contributed by atoms with Crippen molar-refractivity contribution in [3.05, 3.63) is 15.5 Å². The monoisotopic (exact) mass is 248 g/mol. The van der Waals surface area contributed by atoms with E-state index in [4.69, 9.17) is 0 Å². The zero-order chi connectivity index (χ0) is 7.14. The molecule has 1 aromatic heterocycles. The minimum atomic E-state index is 0.723. The van der Waals surface area contributed by atoms with E-state index in [0.717, 1.165) is 6.04 Å². The summed E-state index contributed by atoms with van der Waals surface area (Å²) in [6.07, 6.45) is 4.58. The molecular formula is C7H9IN2. The van der Waals surface area contributed by atoms with E-state index in [0.29, 0.717) is 0 Å². The lowest BCUT2D eigenvalue weighted by atomic mass is 10.4. The van der Waals surface area contributed by atoms with Gasteiger partial charge in [-0.25, -0.2) is 0 Å². The number of halogens is 1. The van der Waals surface area contributed by atoms with Gasteiger partial charge in [-0.2, -0.15) is 5.10 Å². The Bertz CT molecular complexity index is 250. The highest BCUT2D eigenvalue weighted by atomic mass is 127. The molecule has 1 aliphatic carbocycles. The summed E-state index contributed by atoms with van der Waals surface area (Å²) in [6, 6.07) is 0.723. The highest BCUT2D eigenvalue weighted by Crippen LogP contribution is 2.35. The number of aromatic nitrogens is 2. The number of aryl methyl sites for hydroxylation is 1. The highest BCUT2D eigenvalue weighted by molar-refractivity contribution is 14.1. The normalized spacial score (nSPS) is 17.8. The molecule has 0 spiro atoms. The van der Waals surface area contributed by atoms with Crippen LogP contribution in [0.5, 0.6) is 0 Å². The average molecular weight is 248 g/mol. The molecular weight excluding hydrogens is 239 g/mol. The Morgan fingerprint density at radius 3 is 2.80 bits per heavy atom. The smallest absolute Gasteiger partial charge is 0.102 e. The fraction of sp³-hybridized carbons (Fsp3) is 0.571. The molecule has 3 heteroatoms. The summed E-state index contributed by atoms with van der Waals surface area (Å²) in [6.45, 7) is 2.10. The van der Waals surface area contributed by atoms with E-state index in [-0.39, 0.29) is 0 Å². The molecule has 0 amide bonds. The average Bonchev–Trinajstić information content (AvgIpc) is 2.67. The summed E-state index contributed by atoms with van der Waals surface area (Å²) in [4.78, 5) is 0. The third-order valence-corrected chi connectivity index (χ3v) is 3.14. The molecule has 1 aliphatic rings. The van der Waals surface area contributed by atoms with Gasteiger partial charge in [0.2, 0.25) is 0 Å². The lowest BCUT2D eigenvalue weighted by molar-refractivity contribution is 0.625. The van der Waals surface area contributed by atoms with Crippen LogP contribution in [0.2, 0.25) is 0 Å². The van der Waals surface area contributed by atoms with Gasteiger partial charge >= 0.3 is 0 Å². The Morgan fingerprint density at radius 1 is 1.70 bits per heavy atom. The molecule has 0 bridgehead atoms. The van der Waals surface area contributed by atoms with E-state index in [1.165, 1.54) is 22.1 Å². The van der Waals surface area contributed by atoms with Crippen molar-refractivity contribution in [3.63, 3.8) is 0 Å². The quantitative estimate of drug-likeness (QED) is 0.696. The highest BCUT2D eigenvalue weighted by Gasteiger charge is 2.26. The van der Waals surface area contributed by atoms with Crippen LogP contribution < -0.4 is 0 Å². The predicted molar refractivity (Wildman–Crippen MR) is 48.0 cm³/mol. The van der Waals surface area contributed by atoms with E-state index in [2.05, 4.69) is 39.3 Å². The molecule has 1 aromatic rings. The van der Waals surface area contributed by atoms with Crippen molar-refractivity contribution in [1.82, 2.24) is 9.78 Å². The van der Waals surface area contributed by atoms with Gasteiger partial charge in [-0.1, -0.05) is 0 Å². The lowest BCUT2D eigenvalue weighted by Gasteiger charge is -1.97. The third-order valence-electron chi connectivity index (χ3n) is 1.80.